The van der Waals surface area contributed by atoms with E-state index in [0.29, 0.717) is 0 Å². The van der Waals surface area contributed by atoms with E-state index in [9.17, 15) is 40.5 Å². The molecule has 0 bridgehead atoms. The van der Waals surface area contributed by atoms with E-state index in [-0.39, 0.29) is 40.1 Å². The van der Waals surface area contributed by atoms with Gasteiger partial charge in [-0.25, -0.2) is 4.79 Å². The molecule has 2 saturated heterocycles. The number of rotatable bonds is 11. The number of esters is 1. The molecule has 2 aromatic rings. The first-order valence-corrected chi connectivity index (χ1v) is 12.9. The summed E-state index contributed by atoms with van der Waals surface area (Å²) < 4.78 is 42.9. The van der Waals surface area contributed by atoms with E-state index in [1.165, 1.54) is 51.7 Å². The Labute approximate surface area is 245 Å². The molecule has 2 aliphatic rings. The van der Waals surface area contributed by atoms with Gasteiger partial charge in [-0.3, -0.25) is 0 Å². The molecule has 43 heavy (non-hydrogen) atoms. The summed E-state index contributed by atoms with van der Waals surface area (Å²) in [6.45, 7) is -2.02. The van der Waals surface area contributed by atoms with Crippen LogP contribution in [0.15, 0.2) is 30.3 Å². The molecule has 0 saturated carbocycles. The SMILES string of the molecule is COc1cc(O)ccc1OC1OC(CO)C(O)C(O)C1OC1OCC(O)(COC(=O)c2cc(OC)c(O)c(OC)c2)C1O. The Balaban J connectivity index is 1.47. The number of phenolic OH excluding ortho intramolecular Hbond substituents is 2. The van der Waals surface area contributed by atoms with Crippen LogP contribution in [0.5, 0.6) is 34.5 Å². The standard InChI is InChI=1S/C27H34O16/c1-36-15-8-13(29)4-5-14(15)41-25-22(21(32)20(31)18(9-28)42-25)43-26-23(33)27(35,11-40-26)10-39-24(34)12-6-16(37-2)19(30)17(7-12)38-3/h4-8,18,20-23,25-26,28-33,35H,9-11H2,1-3H3. The van der Waals surface area contributed by atoms with Crippen LogP contribution >= 0.6 is 0 Å². The van der Waals surface area contributed by atoms with Gasteiger partial charge in [0.25, 0.3) is 0 Å². The molecule has 0 spiro atoms. The number of hydrogen-bond acceptors (Lipinski definition) is 16. The van der Waals surface area contributed by atoms with Gasteiger partial charge in [-0.2, -0.15) is 0 Å². The number of carbonyl (C=O) groups is 1. The van der Waals surface area contributed by atoms with Gasteiger partial charge in [0.05, 0.1) is 40.1 Å². The minimum absolute atomic E-state index is 0.0398. The first-order chi connectivity index (χ1) is 20.5. The summed E-state index contributed by atoms with van der Waals surface area (Å²) in [6, 6.07) is 6.26. The first-order valence-electron chi connectivity index (χ1n) is 12.9. The van der Waals surface area contributed by atoms with Gasteiger partial charge in [0.15, 0.2) is 41.0 Å². The molecule has 8 atom stereocenters. The van der Waals surface area contributed by atoms with E-state index in [1.54, 1.807) is 0 Å². The smallest absolute Gasteiger partial charge is 0.338 e. The van der Waals surface area contributed by atoms with E-state index in [2.05, 4.69) is 0 Å². The molecule has 238 valence electrons. The summed E-state index contributed by atoms with van der Waals surface area (Å²) in [6.07, 6.45) is -11.2. The molecule has 2 heterocycles. The number of methoxy groups -OCH3 is 3. The number of aromatic hydroxyl groups is 2. The fraction of sp³-hybridized carbons (Fsp3) is 0.519. The fourth-order valence-corrected chi connectivity index (χ4v) is 4.51. The van der Waals surface area contributed by atoms with Gasteiger partial charge in [0.1, 0.15) is 36.8 Å². The van der Waals surface area contributed by atoms with Gasteiger partial charge in [0.2, 0.25) is 12.0 Å². The summed E-state index contributed by atoms with van der Waals surface area (Å²) in [4.78, 5) is 12.7. The monoisotopic (exact) mass is 614 g/mol. The summed E-state index contributed by atoms with van der Waals surface area (Å²) in [7, 11) is 3.86. The van der Waals surface area contributed by atoms with Crippen LogP contribution in [0, 0.1) is 0 Å². The number of carbonyl (C=O) groups excluding carboxylic acids is 1. The first kappa shape index (κ1) is 32.3. The van der Waals surface area contributed by atoms with Crippen molar-refractivity contribution in [2.24, 2.45) is 0 Å². The number of hydrogen-bond donors (Lipinski definition) is 7. The fourth-order valence-electron chi connectivity index (χ4n) is 4.51. The number of aliphatic hydroxyl groups is 5. The van der Waals surface area contributed by atoms with Gasteiger partial charge in [0, 0.05) is 6.07 Å². The normalized spacial score (nSPS) is 30.5. The molecule has 8 unspecified atom stereocenters. The van der Waals surface area contributed by atoms with Gasteiger partial charge in [-0.15, -0.1) is 0 Å². The summed E-state index contributed by atoms with van der Waals surface area (Å²) in [5, 5.41) is 72.6. The lowest BCUT2D eigenvalue weighted by Crippen LogP contribution is -2.62. The predicted molar refractivity (Wildman–Crippen MR) is 140 cm³/mol. The number of aliphatic hydroxyl groups excluding tert-OH is 4. The minimum Gasteiger partial charge on any atom is -0.508 e. The van der Waals surface area contributed by atoms with E-state index in [0.717, 1.165) is 0 Å². The van der Waals surface area contributed by atoms with Crippen molar-refractivity contribution in [2.45, 2.75) is 48.7 Å². The van der Waals surface area contributed by atoms with Crippen LogP contribution in [0.3, 0.4) is 0 Å². The molecule has 2 fully saturated rings. The molecule has 7 N–H and O–H groups in total. The summed E-state index contributed by atoms with van der Waals surface area (Å²) >= 11 is 0. The highest BCUT2D eigenvalue weighted by Gasteiger charge is 2.54. The van der Waals surface area contributed by atoms with Crippen molar-refractivity contribution in [3.05, 3.63) is 35.9 Å². The van der Waals surface area contributed by atoms with Gasteiger partial charge < -0.3 is 73.6 Å². The average molecular weight is 615 g/mol. The van der Waals surface area contributed by atoms with E-state index in [4.69, 9.17) is 37.9 Å². The van der Waals surface area contributed by atoms with Crippen molar-refractivity contribution < 1.29 is 78.4 Å². The Kier molecular flexibility index (Phi) is 10.0. The molecule has 16 heteroatoms. The lowest BCUT2D eigenvalue weighted by Gasteiger charge is -2.42. The van der Waals surface area contributed by atoms with Crippen molar-refractivity contribution >= 4 is 5.97 Å². The second-order valence-corrected chi connectivity index (χ2v) is 9.79. The molecule has 0 aliphatic carbocycles. The molecule has 0 amide bonds. The Morgan fingerprint density at radius 1 is 0.930 bits per heavy atom. The summed E-state index contributed by atoms with van der Waals surface area (Å²) in [5.41, 5.74) is -2.26. The lowest BCUT2D eigenvalue weighted by atomic mass is 9.98. The maximum Gasteiger partial charge on any atom is 0.338 e. The Bertz CT molecular complexity index is 1250. The number of phenols is 2. The van der Waals surface area contributed by atoms with Crippen molar-refractivity contribution in [2.75, 3.05) is 41.2 Å². The third-order valence-electron chi connectivity index (χ3n) is 6.98. The Morgan fingerprint density at radius 3 is 2.19 bits per heavy atom. The maximum atomic E-state index is 12.7. The zero-order valence-electron chi connectivity index (χ0n) is 23.4. The Morgan fingerprint density at radius 2 is 1.58 bits per heavy atom. The highest BCUT2D eigenvalue weighted by Crippen LogP contribution is 2.38. The predicted octanol–water partition coefficient (Wildman–Crippen LogP) is -1.37. The highest BCUT2D eigenvalue weighted by atomic mass is 16.8. The molecular weight excluding hydrogens is 580 g/mol. The van der Waals surface area contributed by atoms with Crippen molar-refractivity contribution in [3.8, 4) is 34.5 Å². The summed E-state index contributed by atoms with van der Waals surface area (Å²) in [5.74, 6) is -1.43. The third-order valence-corrected chi connectivity index (χ3v) is 6.98. The van der Waals surface area contributed by atoms with Crippen LogP contribution in [0.25, 0.3) is 0 Å². The van der Waals surface area contributed by atoms with Crippen LogP contribution in [0.4, 0.5) is 0 Å². The third kappa shape index (κ3) is 6.66. The van der Waals surface area contributed by atoms with Gasteiger partial charge >= 0.3 is 5.97 Å². The maximum absolute atomic E-state index is 12.7. The topological polar surface area (TPSA) is 233 Å². The van der Waals surface area contributed by atoms with Crippen LogP contribution in [0.2, 0.25) is 0 Å². The van der Waals surface area contributed by atoms with Crippen molar-refractivity contribution in [1.82, 2.24) is 0 Å². The van der Waals surface area contributed by atoms with Crippen LogP contribution < -0.4 is 18.9 Å². The lowest BCUT2D eigenvalue weighted by molar-refractivity contribution is -0.319. The Hall–Kier alpha value is -3.61. The largest absolute Gasteiger partial charge is 0.508 e. The van der Waals surface area contributed by atoms with Gasteiger partial charge in [-0.1, -0.05) is 0 Å². The second kappa shape index (κ2) is 13.4. The number of ether oxygens (including phenoxy) is 8. The van der Waals surface area contributed by atoms with Crippen molar-refractivity contribution in [3.63, 3.8) is 0 Å². The molecule has 2 aromatic carbocycles. The van der Waals surface area contributed by atoms with Crippen LogP contribution in [-0.4, -0.2) is 132 Å². The van der Waals surface area contributed by atoms with E-state index >= 15 is 0 Å². The van der Waals surface area contributed by atoms with Crippen LogP contribution in [-0.2, 0) is 18.9 Å². The van der Waals surface area contributed by atoms with Gasteiger partial charge in [-0.05, 0) is 24.3 Å². The minimum atomic E-state index is -2.17. The highest BCUT2D eigenvalue weighted by molar-refractivity contribution is 5.91. The van der Waals surface area contributed by atoms with E-state index in [1.807, 2.05) is 0 Å². The average Bonchev–Trinajstić information content (AvgIpc) is 3.28. The quantitative estimate of drug-likeness (QED) is 0.145. The van der Waals surface area contributed by atoms with Crippen molar-refractivity contribution in [1.29, 1.82) is 0 Å². The molecule has 2 aliphatic heterocycles. The number of benzene rings is 2. The molecule has 16 nitrogen and oxygen atoms in total. The molecule has 0 aromatic heterocycles. The van der Waals surface area contributed by atoms with E-state index < -0.39 is 74.5 Å². The molecule has 0 radical (unpaired) electrons. The molecular formula is C27H34O16. The zero-order valence-corrected chi connectivity index (χ0v) is 23.4. The zero-order chi connectivity index (χ0) is 31.5. The van der Waals surface area contributed by atoms with Crippen LogP contribution in [0.1, 0.15) is 10.4 Å². The molecule has 4 rings (SSSR count). The second-order valence-electron chi connectivity index (χ2n) is 9.79.